The van der Waals surface area contributed by atoms with Crippen LogP contribution < -0.4 is 4.74 Å². The summed E-state index contributed by atoms with van der Waals surface area (Å²) in [5.41, 5.74) is 0.318. The fourth-order valence-electron chi connectivity index (χ4n) is 2.53. The van der Waals surface area contributed by atoms with Crippen LogP contribution in [0.3, 0.4) is 0 Å². The molecule has 7 nitrogen and oxygen atoms in total. The minimum Gasteiger partial charge on any atom is -0.480 e. The quantitative estimate of drug-likeness (QED) is 0.423. The van der Waals surface area contributed by atoms with Crippen molar-refractivity contribution < 1.29 is 29.0 Å². The number of ether oxygens (including phenoxy) is 2. The molecule has 1 aliphatic rings. The molecule has 0 unspecified atom stereocenters. The summed E-state index contributed by atoms with van der Waals surface area (Å²) in [5.74, 6) is -1.33. The zero-order valence-electron chi connectivity index (χ0n) is 15.4. The van der Waals surface area contributed by atoms with Gasteiger partial charge in [0.05, 0.1) is 6.54 Å². The number of rotatable bonds is 8. The summed E-state index contributed by atoms with van der Waals surface area (Å²) in [6.07, 6.45) is -0.142. The van der Waals surface area contributed by atoms with Crippen LogP contribution in [0.2, 0.25) is 25.7 Å². The molecule has 1 heterocycles. The normalized spacial score (nSPS) is 17.4. The Labute approximate surface area is 153 Å². The lowest BCUT2D eigenvalue weighted by Gasteiger charge is -2.20. The van der Waals surface area contributed by atoms with E-state index in [-0.39, 0.29) is 25.5 Å². The molecular formula is C18H25NO6Si. The standard InChI is InChI=1S/C18H25NO6Si/c1-26(2,3)9-8-24-12-25-15-6-4-13(5-7-15)17(21)19-11-14(20)10-16(19)18(22)23/h4-7,16H,8-12H2,1-3H3,(H,22,23)/t16-/m0/s1. The SMILES string of the molecule is C[Si](C)(C)CCOCOc1ccc(C(=O)N2CC(=O)C[C@H]2C(=O)O)cc1. The molecule has 0 radical (unpaired) electrons. The molecule has 1 aromatic carbocycles. The van der Waals surface area contributed by atoms with Gasteiger partial charge in [0, 0.05) is 26.7 Å². The first-order valence-corrected chi connectivity index (χ1v) is 12.2. The number of Topliss-reactive ketones (excluding diaryl/α,β-unsaturated/α-hetero) is 1. The fourth-order valence-corrected chi connectivity index (χ4v) is 3.29. The van der Waals surface area contributed by atoms with Gasteiger partial charge in [-0.2, -0.15) is 0 Å². The van der Waals surface area contributed by atoms with Gasteiger partial charge in [-0.05, 0) is 30.3 Å². The first kappa shape index (κ1) is 20.1. The molecule has 1 atom stereocenters. The average molecular weight is 379 g/mol. The predicted octanol–water partition coefficient (Wildman–Crippen LogP) is 2.25. The number of carboxylic acids is 1. The highest BCUT2D eigenvalue weighted by Gasteiger charge is 2.39. The van der Waals surface area contributed by atoms with E-state index >= 15 is 0 Å². The van der Waals surface area contributed by atoms with Crippen LogP contribution in [0.4, 0.5) is 0 Å². The van der Waals surface area contributed by atoms with E-state index in [2.05, 4.69) is 19.6 Å². The van der Waals surface area contributed by atoms with Crippen molar-refractivity contribution in [2.24, 2.45) is 0 Å². The van der Waals surface area contributed by atoms with Crippen molar-refractivity contribution in [2.45, 2.75) is 38.1 Å². The molecule has 0 saturated carbocycles. The number of amides is 1. The Morgan fingerprint density at radius 2 is 1.88 bits per heavy atom. The lowest BCUT2D eigenvalue weighted by atomic mass is 10.1. The third kappa shape index (κ3) is 5.67. The second-order valence-electron chi connectivity index (χ2n) is 7.54. The van der Waals surface area contributed by atoms with E-state index in [1.165, 1.54) is 0 Å². The maximum atomic E-state index is 12.5. The number of likely N-dealkylation sites (tertiary alicyclic amines) is 1. The monoisotopic (exact) mass is 379 g/mol. The van der Waals surface area contributed by atoms with Crippen LogP contribution in [-0.4, -0.2) is 61.7 Å². The van der Waals surface area contributed by atoms with Gasteiger partial charge in [0.25, 0.3) is 5.91 Å². The van der Waals surface area contributed by atoms with Gasteiger partial charge >= 0.3 is 5.97 Å². The second-order valence-corrected chi connectivity index (χ2v) is 13.2. The third-order valence-electron chi connectivity index (χ3n) is 4.10. The van der Waals surface area contributed by atoms with E-state index in [0.717, 1.165) is 10.9 Å². The van der Waals surface area contributed by atoms with Gasteiger partial charge in [0.2, 0.25) is 0 Å². The largest absolute Gasteiger partial charge is 0.480 e. The molecule has 26 heavy (non-hydrogen) atoms. The van der Waals surface area contributed by atoms with Crippen LogP contribution in [0, 0.1) is 0 Å². The Balaban J connectivity index is 1.87. The van der Waals surface area contributed by atoms with Gasteiger partial charge in [0.1, 0.15) is 11.8 Å². The van der Waals surface area contributed by atoms with Crippen molar-refractivity contribution in [3.63, 3.8) is 0 Å². The summed E-state index contributed by atoms with van der Waals surface area (Å²) in [4.78, 5) is 36.3. The Hall–Kier alpha value is -2.19. The molecule has 142 valence electrons. The van der Waals surface area contributed by atoms with E-state index in [0.29, 0.717) is 17.9 Å². The summed E-state index contributed by atoms with van der Waals surface area (Å²) >= 11 is 0. The van der Waals surface area contributed by atoms with Gasteiger partial charge in [-0.1, -0.05) is 19.6 Å². The lowest BCUT2D eigenvalue weighted by Crippen LogP contribution is -2.40. The van der Waals surface area contributed by atoms with E-state index in [1.807, 2.05) is 0 Å². The molecule has 8 heteroatoms. The molecule has 1 amide bonds. The van der Waals surface area contributed by atoms with Gasteiger partial charge < -0.3 is 19.5 Å². The van der Waals surface area contributed by atoms with Crippen LogP contribution >= 0.6 is 0 Å². The Kier molecular flexibility index (Phi) is 6.55. The number of ketones is 1. The number of hydrogen-bond donors (Lipinski definition) is 1. The molecule has 0 aromatic heterocycles. The van der Waals surface area contributed by atoms with Gasteiger partial charge in [-0.3, -0.25) is 9.59 Å². The Morgan fingerprint density at radius 1 is 1.23 bits per heavy atom. The summed E-state index contributed by atoms with van der Waals surface area (Å²) in [6.45, 7) is 7.45. The van der Waals surface area contributed by atoms with Crippen LogP contribution in [0.15, 0.2) is 24.3 Å². The van der Waals surface area contributed by atoms with Crippen molar-refractivity contribution in [3.05, 3.63) is 29.8 Å². The van der Waals surface area contributed by atoms with Crippen molar-refractivity contribution in [3.8, 4) is 5.75 Å². The summed E-state index contributed by atoms with van der Waals surface area (Å²) in [5, 5.41) is 9.15. The minimum absolute atomic E-state index is 0.138. The summed E-state index contributed by atoms with van der Waals surface area (Å²) in [7, 11) is -1.13. The van der Waals surface area contributed by atoms with Crippen molar-refractivity contribution in [2.75, 3.05) is 19.9 Å². The van der Waals surface area contributed by atoms with Crippen LogP contribution in [0.25, 0.3) is 0 Å². The predicted molar refractivity (Wildman–Crippen MR) is 98.1 cm³/mol. The smallest absolute Gasteiger partial charge is 0.326 e. The van der Waals surface area contributed by atoms with E-state index in [4.69, 9.17) is 14.6 Å². The van der Waals surface area contributed by atoms with Gasteiger partial charge in [-0.15, -0.1) is 0 Å². The first-order valence-electron chi connectivity index (χ1n) is 8.53. The second kappa shape index (κ2) is 8.46. The number of hydrogen-bond acceptors (Lipinski definition) is 5. The van der Waals surface area contributed by atoms with Crippen molar-refractivity contribution >= 4 is 25.7 Å². The number of carbonyl (C=O) groups is 3. The van der Waals surface area contributed by atoms with E-state index < -0.39 is 26.0 Å². The molecular weight excluding hydrogens is 354 g/mol. The molecule has 1 saturated heterocycles. The lowest BCUT2D eigenvalue weighted by molar-refractivity contribution is -0.141. The highest BCUT2D eigenvalue weighted by Crippen LogP contribution is 2.20. The molecule has 1 aliphatic heterocycles. The Bertz CT molecular complexity index is 667. The zero-order chi connectivity index (χ0) is 19.3. The van der Waals surface area contributed by atoms with Gasteiger partial charge in [0.15, 0.2) is 12.6 Å². The van der Waals surface area contributed by atoms with Crippen LogP contribution in [0.5, 0.6) is 5.75 Å². The molecule has 1 N–H and O–H groups in total. The highest BCUT2D eigenvalue weighted by atomic mass is 28.3. The molecule has 1 fully saturated rings. The maximum absolute atomic E-state index is 12.5. The minimum atomic E-state index is -1.17. The zero-order valence-corrected chi connectivity index (χ0v) is 16.4. The average Bonchev–Trinajstić information content (AvgIpc) is 2.95. The van der Waals surface area contributed by atoms with Crippen molar-refractivity contribution in [1.82, 2.24) is 4.90 Å². The fraction of sp³-hybridized carbons (Fsp3) is 0.500. The molecule has 1 aromatic rings. The van der Waals surface area contributed by atoms with Gasteiger partial charge in [-0.25, -0.2) is 4.79 Å². The van der Waals surface area contributed by atoms with E-state index in [9.17, 15) is 14.4 Å². The third-order valence-corrected chi connectivity index (χ3v) is 5.80. The van der Waals surface area contributed by atoms with Crippen LogP contribution in [0.1, 0.15) is 16.8 Å². The molecule has 2 rings (SSSR count). The number of carboxylic acid groups (broad SMARTS) is 1. The number of benzene rings is 1. The Morgan fingerprint density at radius 3 is 2.46 bits per heavy atom. The number of carbonyl (C=O) groups excluding carboxylic acids is 2. The molecule has 0 spiro atoms. The number of aliphatic carboxylic acids is 1. The highest BCUT2D eigenvalue weighted by molar-refractivity contribution is 6.76. The summed E-state index contributed by atoms with van der Waals surface area (Å²) < 4.78 is 10.9. The molecule has 0 aliphatic carbocycles. The van der Waals surface area contributed by atoms with Crippen molar-refractivity contribution in [1.29, 1.82) is 0 Å². The van der Waals surface area contributed by atoms with Crippen LogP contribution in [-0.2, 0) is 14.3 Å². The first-order chi connectivity index (χ1) is 12.2. The summed E-state index contributed by atoms with van der Waals surface area (Å²) in [6, 6.07) is 6.34. The molecule has 0 bridgehead atoms. The topological polar surface area (TPSA) is 93.1 Å². The van der Waals surface area contributed by atoms with E-state index in [1.54, 1.807) is 24.3 Å². The number of nitrogens with zero attached hydrogens (tertiary/aromatic N) is 1. The maximum Gasteiger partial charge on any atom is 0.326 e.